The molecule has 1 aliphatic heterocycles. The second-order valence-corrected chi connectivity index (χ2v) is 11.4. The molecule has 4 rings (SSSR count). The monoisotopic (exact) mass is 486 g/mol. The molecule has 3 fully saturated rings. The molecule has 6 nitrogen and oxygen atoms in total. The summed E-state index contributed by atoms with van der Waals surface area (Å²) in [6, 6.07) is 7.58. The third-order valence-electron chi connectivity index (χ3n) is 7.88. The highest BCUT2D eigenvalue weighted by Gasteiger charge is 2.32. The van der Waals surface area contributed by atoms with E-state index in [2.05, 4.69) is 5.32 Å². The van der Waals surface area contributed by atoms with Crippen LogP contribution in [0.1, 0.15) is 69.8 Å². The van der Waals surface area contributed by atoms with Gasteiger partial charge in [-0.3, -0.25) is 19.7 Å². The van der Waals surface area contributed by atoms with E-state index in [9.17, 15) is 14.4 Å². The molecule has 1 aromatic rings. The molecule has 0 spiro atoms. The summed E-state index contributed by atoms with van der Waals surface area (Å²) in [7, 11) is 1.85. The van der Waals surface area contributed by atoms with Gasteiger partial charge in [-0.2, -0.15) is 0 Å². The fourth-order valence-corrected chi connectivity index (χ4v) is 6.71. The Morgan fingerprint density at radius 3 is 2.59 bits per heavy atom. The third-order valence-corrected chi connectivity index (χ3v) is 8.87. The maximum absolute atomic E-state index is 12.5. The van der Waals surface area contributed by atoms with Crippen LogP contribution in [0.4, 0.5) is 4.79 Å². The van der Waals surface area contributed by atoms with Crippen molar-refractivity contribution in [1.82, 2.24) is 10.2 Å². The molecule has 1 saturated heterocycles. The first-order valence-corrected chi connectivity index (χ1v) is 13.8. The number of likely N-dealkylation sites (N-methyl/N-ethyl adjacent to an activating group) is 1. The number of amides is 3. The summed E-state index contributed by atoms with van der Waals surface area (Å²) in [6.07, 6.45) is 13.3. The maximum Gasteiger partial charge on any atom is 0.286 e. The molecule has 0 radical (unpaired) electrons. The number of rotatable bonds is 10. The zero-order valence-corrected chi connectivity index (χ0v) is 21.1. The Labute approximate surface area is 207 Å². The van der Waals surface area contributed by atoms with Crippen LogP contribution < -0.4 is 10.1 Å². The maximum atomic E-state index is 12.5. The number of nitrogens with one attached hydrogen (secondary N) is 1. The highest BCUT2D eigenvalue weighted by molar-refractivity contribution is 8.15. The second kappa shape index (κ2) is 12.1. The summed E-state index contributed by atoms with van der Waals surface area (Å²) in [5, 5.41) is 1.68. The number of carbonyl (C=O) groups excluding carboxylic acids is 3. The lowest BCUT2D eigenvalue weighted by molar-refractivity contribution is -0.130. The number of nitrogens with zero attached hydrogens (tertiary/aromatic N) is 1. The number of thioether (sulfide) groups is 1. The smallest absolute Gasteiger partial charge is 0.286 e. The molecule has 1 aromatic carbocycles. The SMILES string of the molecule is CN(CCOc1ccc(CC2SC(=O)NC2=O)cc1)C(=O)CCC[C@H]1CC[C@H]2CCCCC2C1. The molecule has 2 saturated carbocycles. The van der Waals surface area contributed by atoms with Crippen LogP contribution in [0, 0.1) is 17.8 Å². The van der Waals surface area contributed by atoms with Crippen LogP contribution in [-0.2, 0) is 16.0 Å². The van der Waals surface area contributed by atoms with Gasteiger partial charge < -0.3 is 9.64 Å². The van der Waals surface area contributed by atoms with Gasteiger partial charge in [0.25, 0.3) is 5.24 Å². The average molecular weight is 487 g/mol. The molecule has 3 aliphatic rings. The van der Waals surface area contributed by atoms with Gasteiger partial charge in [-0.05, 0) is 67.6 Å². The Morgan fingerprint density at radius 2 is 1.85 bits per heavy atom. The van der Waals surface area contributed by atoms with E-state index < -0.39 is 0 Å². The summed E-state index contributed by atoms with van der Waals surface area (Å²) in [4.78, 5) is 37.3. The predicted molar refractivity (Wildman–Crippen MR) is 135 cm³/mol. The van der Waals surface area contributed by atoms with Crippen molar-refractivity contribution >= 4 is 28.8 Å². The van der Waals surface area contributed by atoms with Crippen molar-refractivity contribution in [3.8, 4) is 5.75 Å². The van der Waals surface area contributed by atoms with Gasteiger partial charge in [0.2, 0.25) is 11.8 Å². The van der Waals surface area contributed by atoms with Crippen molar-refractivity contribution in [2.24, 2.45) is 17.8 Å². The lowest BCUT2D eigenvalue weighted by Crippen LogP contribution is -2.31. The van der Waals surface area contributed by atoms with Gasteiger partial charge in [-0.15, -0.1) is 0 Å². The van der Waals surface area contributed by atoms with E-state index in [1.165, 1.54) is 51.4 Å². The summed E-state index contributed by atoms with van der Waals surface area (Å²) in [5.41, 5.74) is 0.985. The molecular formula is C27H38N2O4S. The number of hydrogen-bond donors (Lipinski definition) is 1. The van der Waals surface area contributed by atoms with Crippen LogP contribution in [0.15, 0.2) is 24.3 Å². The van der Waals surface area contributed by atoms with Gasteiger partial charge in [0.1, 0.15) is 12.4 Å². The molecule has 186 valence electrons. The first kappa shape index (κ1) is 25.1. The zero-order chi connectivity index (χ0) is 23.9. The van der Waals surface area contributed by atoms with Gasteiger partial charge in [-0.25, -0.2) is 0 Å². The van der Waals surface area contributed by atoms with E-state index in [1.54, 1.807) is 4.90 Å². The van der Waals surface area contributed by atoms with Crippen molar-refractivity contribution in [2.45, 2.75) is 75.9 Å². The number of hydrogen-bond acceptors (Lipinski definition) is 5. The van der Waals surface area contributed by atoms with Crippen molar-refractivity contribution in [3.05, 3.63) is 29.8 Å². The fourth-order valence-electron chi connectivity index (χ4n) is 5.85. The van der Waals surface area contributed by atoms with E-state index in [1.807, 2.05) is 31.3 Å². The number of fused-ring (bicyclic) bond motifs is 1. The van der Waals surface area contributed by atoms with E-state index >= 15 is 0 Å². The Bertz CT molecular complexity index is 859. The van der Waals surface area contributed by atoms with Gasteiger partial charge in [0, 0.05) is 13.5 Å². The van der Waals surface area contributed by atoms with E-state index in [-0.39, 0.29) is 22.3 Å². The second-order valence-electron chi connectivity index (χ2n) is 10.3. The van der Waals surface area contributed by atoms with Crippen LogP contribution in [0.5, 0.6) is 5.75 Å². The standard InChI is InChI=1S/C27H38N2O4S/c1-29(25(30)8-4-5-19-9-12-21-6-2-3-7-22(21)17-19)15-16-33-23-13-10-20(11-14-23)18-24-26(31)28-27(32)34-24/h10-11,13-14,19,21-22,24H,2-9,12,15-18H2,1H3,(H,28,31,32)/t19-,21+,22?,24?/m0/s1. The first-order valence-electron chi connectivity index (χ1n) is 12.9. The zero-order valence-electron chi connectivity index (χ0n) is 20.3. The van der Waals surface area contributed by atoms with Crippen molar-refractivity contribution in [3.63, 3.8) is 0 Å². The van der Waals surface area contributed by atoms with Crippen LogP contribution in [0.3, 0.4) is 0 Å². The predicted octanol–water partition coefficient (Wildman–Crippen LogP) is 5.19. The summed E-state index contributed by atoms with van der Waals surface area (Å²) >= 11 is 1.04. The lowest BCUT2D eigenvalue weighted by atomic mass is 9.67. The first-order chi connectivity index (χ1) is 16.5. The molecule has 1 heterocycles. The normalized spacial score (nSPS) is 26.6. The third kappa shape index (κ3) is 7.00. The molecule has 3 amide bonds. The molecule has 1 N–H and O–H groups in total. The number of benzene rings is 1. The van der Waals surface area contributed by atoms with Crippen LogP contribution in [-0.4, -0.2) is 47.4 Å². The molecule has 2 unspecified atom stereocenters. The van der Waals surface area contributed by atoms with Crippen molar-refractivity contribution < 1.29 is 19.1 Å². The summed E-state index contributed by atoms with van der Waals surface area (Å²) in [5.74, 6) is 3.50. The Morgan fingerprint density at radius 1 is 1.09 bits per heavy atom. The summed E-state index contributed by atoms with van der Waals surface area (Å²) in [6.45, 7) is 1.01. The highest BCUT2D eigenvalue weighted by Crippen LogP contribution is 2.43. The minimum atomic E-state index is -0.360. The van der Waals surface area contributed by atoms with Crippen LogP contribution in [0.2, 0.25) is 0 Å². The van der Waals surface area contributed by atoms with Gasteiger partial charge in [0.15, 0.2) is 0 Å². The lowest BCUT2D eigenvalue weighted by Gasteiger charge is -2.39. The van der Waals surface area contributed by atoms with Crippen LogP contribution >= 0.6 is 11.8 Å². The molecule has 2 aliphatic carbocycles. The van der Waals surface area contributed by atoms with E-state index in [0.717, 1.165) is 47.2 Å². The minimum absolute atomic E-state index is 0.201. The van der Waals surface area contributed by atoms with Gasteiger partial charge >= 0.3 is 0 Å². The topological polar surface area (TPSA) is 75.7 Å². The van der Waals surface area contributed by atoms with E-state index in [0.29, 0.717) is 26.0 Å². The van der Waals surface area contributed by atoms with Crippen molar-refractivity contribution in [2.75, 3.05) is 20.2 Å². The van der Waals surface area contributed by atoms with Gasteiger partial charge in [0.05, 0.1) is 11.8 Å². The quantitative estimate of drug-likeness (QED) is 0.492. The van der Waals surface area contributed by atoms with Crippen molar-refractivity contribution in [1.29, 1.82) is 0 Å². The Kier molecular flexibility index (Phi) is 8.92. The highest BCUT2D eigenvalue weighted by atomic mass is 32.2. The van der Waals surface area contributed by atoms with E-state index in [4.69, 9.17) is 4.74 Å². The fraction of sp³-hybridized carbons (Fsp3) is 0.667. The largest absolute Gasteiger partial charge is 0.492 e. The number of imide groups is 1. The van der Waals surface area contributed by atoms with Crippen LogP contribution in [0.25, 0.3) is 0 Å². The minimum Gasteiger partial charge on any atom is -0.492 e. The number of ether oxygens (including phenoxy) is 1. The molecular weight excluding hydrogens is 448 g/mol. The molecule has 0 bridgehead atoms. The molecule has 7 heteroatoms. The number of carbonyl (C=O) groups is 3. The molecule has 34 heavy (non-hydrogen) atoms. The Balaban J connectivity index is 1.09. The summed E-state index contributed by atoms with van der Waals surface area (Å²) < 4.78 is 5.81. The average Bonchev–Trinajstić information content (AvgIpc) is 3.16. The molecule has 4 atom stereocenters. The Hall–Kier alpha value is -2.02. The molecule has 0 aromatic heterocycles. The van der Waals surface area contributed by atoms with Gasteiger partial charge in [-0.1, -0.05) is 56.0 Å².